The van der Waals surface area contributed by atoms with E-state index in [1.54, 1.807) is 11.3 Å². The molecule has 2 rings (SSSR count). The minimum absolute atomic E-state index is 0. The van der Waals surface area contributed by atoms with Crippen LogP contribution in [0.3, 0.4) is 0 Å². The first-order chi connectivity index (χ1) is 10.3. The van der Waals surface area contributed by atoms with Crippen molar-refractivity contribution in [1.82, 2.24) is 10.3 Å². The molecule has 0 saturated carbocycles. The predicted octanol–water partition coefficient (Wildman–Crippen LogP) is 3.91. The van der Waals surface area contributed by atoms with Crippen molar-refractivity contribution in [1.29, 1.82) is 0 Å². The third kappa shape index (κ3) is 6.06. The molecule has 1 atom stereocenters. The molecule has 2 aromatic rings. The number of nitrogens with two attached hydrogens (primary N) is 1. The SMILES string of the molecule is Cc1ccc(C(N)C(=O)NCc2nc(C(C)(C)C)cs2)cc1.Cl.Cl. The lowest BCUT2D eigenvalue weighted by atomic mass is 9.93. The highest BCUT2D eigenvalue weighted by Crippen LogP contribution is 2.23. The van der Waals surface area contributed by atoms with Gasteiger partial charge in [-0.2, -0.15) is 0 Å². The zero-order valence-electron chi connectivity index (χ0n) is 14.3. The second-order valence-corrected chi connectivity index (χ2v) is 7.43. The number of nitrogens with zero attached hydrogens (tertiary/aromatic N) is 1. The van der Waals surface area contributed by atoms with Crippen LogP contribution in [0.25, 0.3) is 0 Å². The Hall–Kier alpha value is -1.14. The standard InChI is InChI=1S/C17H23N3OS.2ClH/c1-11-5-7-12(8-6-11)15(18)16(21)19-9-14-20-13(10-22-14)17(2,3)4;;/h5-8,10,15H,9,18H2,1-4H3,(H,19,21);2*1H. The molecule has 0 radical (unpaired) electrons. The maximum Gasteiger partial charge on any atom is 0.241 e. The Morgan fingerprint density at radius 2 is 1.83 bits per heavy atom. The fraction of sp³-hybridized carbons (Fsp3) is 0.412. The zero-order valence-corrected chi connectivity index (χ0v) is 16.8. The van der Waals surface area contributed by atoms with Gasteiger partial charge < -0.3 is 11.1 Å². The monoisotopic (exact) mass is 389 g/mol. The number of carbonyl (C=O) groups is 1. The van der Waals surface area contributed by atoms with Gasteiger partial charge in [0.15, 0.2) is 0 Å². The number of benzene rings is 1. The molecule has 0 aliphatic heterocycles. The highest BCUT2D eigenvalue weighted by molar-refractivity contribution is 7.09. The van der Waals surface area contributed by atoms with E-state index in [0.717, 1.165) is 21.8 Å². The van der Waals surface area contributed by atoms with Crippen molar-refractivity contribution in [3.05, 3.63) is 51.5 Å². The van der Waals surface area contributed by atoms with Gasteiger partial charge in [0.05, 0.1) is 12.2 Å². The van der Waals surface area contributed by atoms with Gasteiger partial charge in [0.25, 0.3) is 0 Å². The van der Waals surface area contributed by atoms with Crippen LogP contribution in [0.2, 0.25) is 0 Å². The number of aromatic nitrogens is 1. The minimum atomic E-state index is -0.650. The van der Waals surface area contributed by atoms with E-state index in [-0.39, 0.29) is 36.1 Å². The summed E-state index contributed by atoms with van der Waals surface area (Å²) in [4.78, 5) is 16.7. The van der Waals surface area contributed by atoms with Crippen molar-refractivity contribution in [2.75, 3.05) is 0 Å². The van der Waals surface area contributed by atoms with Crippen molar-refractivity contribution >= 4 is 42.1 Å². The number of hydrogen-bond acceptors (Lipinski definition) is 4. The van der Waals surface area contributed by atoms with Crippen LogP contribution < -0.4 is 11.1 Å². The lowest BCUT2D eigenvalue weighted by Gasteiger charge is -2.14. The Morgan fingerprint density at radius 3 is 2.33 bits per heavy atom. The van der Waals surface area contributed by atoms with E-state index in [4.69, 9.17) is 5.73 Å². The number of aryl methyl sites for hydroxylation is 1. The molecule has 1 aromatic carbocycles. The van der Waals surface area contributed by atoms with E-state index in [9.17, 15) is 4.79 Å². The molecule has 1 unspecified atom stereocenters. The number of amides is 1. The van der Waals surface area contributed by atoms with Gasteiger partial charge in [-0.05, 0) is 12.5 Å². The molecule has 7 heteroatoms. The maximum absolute atomic E-state index is 12.1. The second kappa shape index (κ2) is 9.37. The summed E-state index contributed by atoms with van der Waals surface area (Å²) in [5, 5.41) is 5.80. The van der Waals surface area contributed by atoms with Crippen molar-refractivity contribution in [3.8, 4) is 0 Å². The van der Waals surface area contributed by atoms with Crippen LogP contribution in [0.15, 0.2) is 29.6 Å². The topological polar surface area (TPSA) is 68.0 Å². The van der Waals surface area contributed by atoms with Crippen LogP contribution >= 0.6 is 36.2 Å². The van der Waals surface area contributed by atoms with Crippen molar-refractivity contribution in [2.45, 2.75) is 45.7 Å². The van der Waals surface area contributed by atoms with E-state index in [2.05, 4.69) is 31.1 Å². The summed E-state index contributed by atoms with van der Waals surface area (Å²) in [5.41, 5.74) is 9.03. The molecule has 0 bridgehead atoms. The van der Waals surface area contributed by atoms with Crippen molar-refractivity contribution in [2.24, 2.45) is 5.73 Å². The van der Waals surface area contributed by atoms with E-state index in [0.29, 0.717) is 6.54 Å². The Bertz CT molecular complexity index is 651. The van der Waals surface area contributed by atoms with Gasteiger partial charge >= 0.3 is 0 Å². The fourth-order valence-corrected chi connectivity index (χ4v) is 2.89. The van der Waals surface area contributed by atoms with Crippen LogP contribution in [0, 0.1) is 6.92 Å². The first-order valence-corrected chi connectivity index (χ1v) is 8.20. The molecule has 0 saturated heterocycles. The molecular weight excluding hydrogens is 365 g/mol. The largest absolute Gasteiger partial charge is 0.348 e. The zero-order chi connectivity index (χ0) is 16.3. The Morgan fingerprint density at radius 1 is 1.25 bits per heavy atom. The predicted molar refractivity (Wildman–Crippen MR) is 105 cm³/mol. The highest BCUT2D eigenvalue weighted by atomic mass is 35.5. The quantitative estimate of drug-likeness (QED) is 0.832. The summed E-state index contributed by atoms with van der Waals surface area (Å²) in [7, 11) is 0. The molecule has 0 fully saturated rings. The minimum Gasteiger partial charge on any atom is -0.348 e. The summed E-state index contributed by atoms with van der Waals surface area (Å²) in [5.74, 6) is -0.184. The lowest BCUT2D eigenvalue weighted by molar-refractivity contribution is -0.122. The van der Waals surface area contributed by atoms with Crippen LogP contribution in [0.1, 0.15) is 48.6 Å². The smallest absolute Gasteiger partial charge is 0.241 e. The van der Waals surface area contributed by atoms with E-state index >= 15 is 0 Å². The number of halogens is 2. The van der Waals surface area contributed by atoms with Crippen molar-refractivity contribution < 1.29 is 4.79 Å². The number of hydrogen-bond donors (Lipinski definition) is 2. The van der Waals surface area contributed by atoms with E-state index in [1.165, 1.54) is 0 Å². The molecule has 1 aromatic heterocycles. The van der Waals surface area contributed by atoms with Crippen LogP contribution in [-0.4, -0.2) is 10.9 Å². The Balaban J connectivity index is 0.00000264. The van der Waals surface area contributed by atoms with Gasteiger partial charge in [-0.1, -0.05) is 50.6 Å². The van der Waals surface area contributed by atoms with Gasteiger partial charge in [-0.3, -0.25) is 4.79 Å². The fourth-order valence-electron chi connectivity index (χ4n) is 1.93. The number of carbonyl (C=O) groups excluding carboxylic acids is 1. The first kappa shape index (κ1) is 22.9. The average molecular weight is 390 g/mol. The summed E-state index contributed by atoms with van der Waals surface area (Å²) in [6, 6.07) is 7.04. The molecule has 1 amide bonds. The maximum atomic E-state index is 12.1. The average Bonchev–Trinajstić information content (AvgIpc) is 2.94. The number of thiazole rings is 1. The summed E-state index contributed by atoms with van der Waals surface area (Å²) in [6.45, 7) is 8.79. The lowest BCUT2D eigenvalue weighted by Crippen LogP contribution is -2.33. The number of rotatable bonds is 4. The molecule has 0 spiro atoms. The molecule has 3 N–H and O–H groups in total. The Kier molecular flexibility index (Phi) is 8.93. The van der Waals surface area contributed by atoms with Gasteiger partial charge in [-0.15, -0.1) is 36.2 Å². The molecular formula is C17H25Cl2N3OS. The molecule has 0 aliphatic carbocycles. The molecule has 0 aliphatic rings. The van der Waals surface area contributed by atoms with Crippen LogP contribution in [0.4, 0.5) is 0 Å². The van der Waals surface area contributed by atoms with Gasteiger partial charge in [0, 0.05) is 10.8 Å². The van der Waals surface area contributed by atoms with Gasteiger partial charge in [0.1, 0.15) is 11.0 Å². The van der Waals surface area contributed by atoms with E-state index in [1.807, 2.05) is 36.6 Å². The summed E-state index contributed by atoms with van der Waals surface area (Å²) >= 11 is 1.56. The van der Waals surface area contributed by atoms with Crippen LogP contribution in [0.5, 0.6) is 0 Å². The van der Waals surface area contributed by atoms with Crippen molar-refractivity contribution in [3.63, 3.8) is 0 Å². The van der Waals surface area contributed by atoms with Gasteiger partial charge in [-0.25, -0.2) is 4.98 Å². The molecule has 1 heterocycles. The molecule has 134 valence electrons. The third-order valence-corrected chi connectivity index (χ3v) is 4.30. The normalized spacial score (nSPS) is 11.9. The second-order valence-electron chi connectivity index (χ2n) is 6.48. The van der Waals surface area contributed by atoms with Crippen LogP contribution in [-0.2, 0) is 16.8 Å². The number of nitrogens with one attached hydrogen (secondary N) is 1. The summed E-state index contributed by atoms with van der Waals surface area (Å²) < 4.78 is 0. The third-order valence-electron chi connectivity index (χ3n) is 3.45. The molecule has 4 nitrogen and oxygen atoms in total. The highest BCUT2D eigenvalue weighted by Gasteiger charge is 2.19. The summed E-state index contributed by atoms with van der Waals surface area (Å²) in [6.07, 6.45) is 0. The van der Waals surface area contributed by atoms with E-state index < -0.39 is 6.04 Å². The Labute approximate surface area is 160 Å². The molecule has 24 heavy (non-hydrogen) atoms. The first-order valence-electron chi connectivity index (χ1n) is 7.32. The van der Waals surface area contributed by atoms with Gasteiger partial charge in [0.2, 0.25) is 5.91 Å².